The smallest absolute Gasteiger partial charge is 0.343 e. The second kappa shape index (κ2) is 9.69. The van der Waals surface area contributed by atoms with Crippen molar-refractivity contribution in [3.63, 3.8) is 0 Å². The van der Waals surface area contributed by atoms with Gasteiger partial charge in [0, 0.05) is 29.7 Å². The largest absolute Gasteiger partial charge is 0.485 e. The van der Waals surface area contributed by atoms with Gasteiger partial charge in [-0.05, 0) is 42.3 Å². The number of carboxylic acid groups (broad SMARTS) is 1. The summed E-state index contributed by atoms with van der Waals surface area (Å²) in [6.07, 6.45) is 0. The molecule has 0 bridgehead atoms. The molecule has 3 N–H and O–H groups in total. The van der Waals surface area contributed by atoms with Gasteiger partial charge in [0.15, 0.2) is 5.82 Å². The summed E-state index contributed by atoms with van der Waals surface area (Å²) in [5.41, 5.74) is 2.19. The number of halogens is 1. The molecule has 32 heavy (non-hydrogen) atoms. The normalized spacial score (nSPS) is 11.8. The maximum absolute atomic E-state index is 12.5. The number of nitrogens with zero attached hydrogens (tertiary/aromatic N) is 2. The van der Waals surface area contributed by atoms with Gasteiger partial charge in [0.05, 0.1) is 5.92 Å². The molecule has 3 rings (SSSR count). The molecular weight excluding hydrogens is 436 g/mol. The zero-order chi connectivity index (χ0) is 23.4. The molecular formula is C22H23ClN4O5. The Labute approximate surface area is 189 Å². The van der Waals surface area contributed by atoms with Crippen LogP contribution in [0.2, 0.25) is 5.02 Å². The Morgan fingerprint density at radius 1 is 1.31 bits per heavy atom. The zero-order valence-corrected chi connectivity index (χ0v) is 18.6. The average molecular weight is 459 g/mol. The summed E-state index contributed by atoms with van der Waals surface area (Å²) in [5.74, 6) is -1.12. The van der Waals surface area contributed by atoms with E-state index in [2.05, 4.69) is 15.5 Å². The molecule has 0 aliphatic carbocycles. The van der Waals surface area contributed by atoms with E-state index in [9.17, 15) is 14.4 Å². The van der Waals surface area contributed by atoms with Gasteiger partial charge in [0.2, 0.25) is 0 Å². The number of carbonyl (C=O) groups excluding carboxylic acids is 1. The number of hydrogen-bond acceptors (Lipinski definition) is 5. The van der Waals surface area contributed by atoms with E-state index in [1.807, 2.05) is 13.0 Å². The highest BCUT2D eigenvalue weighted by Gasteiger charge is 2.16. The van der Waals surface area contributed by atoms with Gasteiger partial charge in [-0.3, -0.25) is 14.2 Å². The monoisotopic (exact) mass is 458 g/mol. The second-order valence-electron chi connectivity index (χ2n) is 7.42. The Hall–Kier alpha value is -3.59. The number of ether oxygens (including phenoxy) is 1. The lowest BCUT2D eigenvalue weighted by molar-refractivity contribution is -0.140. The summed E-state index contributed by atoms with van der Waals surface area (Å²) < 4.78 is 7.30. The van der Waals surface area contributed by atoms with Crippen molar-refractivity contribution in [1.29, 1.82) is 0 Å². The molecule has 0 saturated heterocycles. The van der Waals surface area contributed by atoms with Crippen molar-refractivity contribution in [2.45, 2.75) is 20.5 Å². The number of amides is 1. The van der Waals surface area contributed by atoms with E-state index in [-0.39, 0.29) is 24.7 Å². The topological polar surface area (TPSA) is 126 Å². The number of benzene rings is 2. The molecule has 1 aromatic heterocycles. The van der Waals surface area contributed by atoms with E-state index < -0.39 is 11.9 Å². The molecule has 168 valence electrons. The zero-order valence-electron chi connectivity index (χ0n) is 17.8. The van der Waals surface area contributed by atoms with Crippen LogP contribution in [0.4, 0.5) is 0 Å². The Bertz CT molecular complexity index is 1220. The molecule has 1 heterocycles. The van der Waals surface area contributed by atoms with Gasteiger partial charge >= 0.3 is 11.7 Å². The van der Waals surface area contributed by atoms with Crippen molar-refractivity contribution in [2.75, 3.05) is 6.54 Å². The standard InChI is InChI=1S/C22H23ClN4O5/c1-12-7-18(32-11-19-25-26-22(31)27(19)3)16(9-17(12)23)14-5-4-6-15(8-14)20(28)24-10-13(2)21(29)30/h4-9,13H,10-11H2,1-3H3,(H,24,28)(H,26,31)(H,29,30). The average Bonchev–Trinajstić information content (AvgIpc) is 3.09. The highest BCUT2D eigenvalue weighted by molar-refractivity contribution is 6.31. The summed E-state index contributed by atoms with van der Waals surface area (Å²) in [4.78, 5) is 35.0. The van der Waals surface area contributed by atoms with E-state index in [4.69, 9.17) is 21.4 Å². The Morgan fingerprint density at radius 2 is 2.06 bits per heavy atom. The van der Waals surface area contributed by atoms with Crippen LogP contribution < -0.4 is 15.7 Å². The van der Waals surface area contributed by atoms with Crippen molar-refractivity contribution >= 4 is 23.5 Å². The van der Waals surface area contributed by atoms with E-state index in [0.717, 1.165) is 5.56 Å². The number of aromatic amines is 1. The van der Waals surface area contributed by atoms with Gasteiger partial charge in [-0.15, -0.1) is 0 Å². The van der Waals surface area contributed by atoms with Crippen LogP contribution in [0.1, 0.15) is 28.7 Å². The van der Waals surface area contributed by atoms with Crippen LogP contribution in [0.25, 0.3) is 11.1 Å². The maximum Gasteiger partial charge on any atom is 0.343 e. The van der Waals surface area contributed by atoms with Crippen LogP contribution in [0, 0.1) is 12.8 Å². The molecule has 1 amide bonds. The number of aromatic nitrogens is 3. The first-order valence-corrected chi connectivity index (χ1v) is 10.2. The van der Waals surface area contributed by atoms with Crippen molar-refractivity contribution in [2.24, 2.45) is 13.0 Å². The minimum atomic E-state index is -0.982. The van der Waals surface area contributed by atoms with Crippen molar-refractivity contribution < 1.29 is 19.4 Å². The summed E-state index contributed by atoms with van der Waals surface area (Å²) in [5, 5.41) is 18.4. The van der Waals surface area contributed by atoms with Crippen LogP contribution in [0.5, 0.6) is 5.75 Å². The third kappa shape index (κ3) is 5.17. The maximum atomic E-state index is 12.5. The van der Waals surface area contributed by atoms with E-state index in [0.29, 0.717) is 33.3 Å². The first kappa shape index (κ1) is 23.1. The van der Waals surface area contributed by atoms with Gasteiger partial charge < -0.3 is 15.2 Å². The van der Waals surface area contributed by atoms with Gasteiger partial charge in [-0.25, -0.2) is 9.89 Å². The summed E-state index contributed by atoms with van der Waals surface area (Å²) in [6.45, 7) is 3.44. The number of carboxylic acids is 1. The highest BCUT2D eigenvalue weighted by Crippen LogP contribution is 2.35. The van der Waals surface area contributed by atoms with Crippen LogP contribution in [-0.4, -0.2) is 38.3 Å². The first-order valence-electron chi connectivity index (χ1n) is 9.82. The third-order valence-electron chi connectivity index (χ3n) is 5.02. The predicted molar refractivity (Wildman–Crippen MR) is 119 cm³/mol. The molecule has 0 spiro atoms. The van der Waals surface area contributed by atoms with Crippen LogP contribution in [0.3, 0.4) is 0 Å². The first-order chi connectivity index (χ1) is 15.2. The Balaban J connectivity index is 1.88. The third-order valence-corrected chi connectivity index (χ3v) is 5.42. The van der Waals surface area contributed by atoms with Gasteiger partial charge in [-0.2, -0.15) is 5.10 Å². The number of carbonyl (C=O) groups is 2. The fourth-order valence-electron chi connectivity index (χ4n) is 2.91. The van der Waals surface area contributed by atoms with Crippen LogP contribution >= 0.6 is 11.6 Å². The van der Waals surface area contributed by atoms with Gasteiger partial charge in [-0.1, -0.05) is 30.7 Å². The number of aryl methyl sites for hydroxylation is 1. The van der Waals surface area contributed by atoms with Crippen molar-refractivity contribution in [3.8, 4) is 16.9 Å². The molecule has 0 aliphatic rings. The Kier molecular flexibility index (Phi) is 6.99. The minimum absolute atomic E-state index is 0.0193. The molecule has 2 aromatic carbocycles. The number of aliphatic carboxylic acids is 1. The molecule has 10 heteroatoms. The van der Waals surface area contributed by atoms with Crippen LogP contribution in [0.15, 0.2) is 41.2 Å². The number of nitrogens with one attached hydrogen (secondary N) is 2. The van der Waals surface area contributed by atoms with Crippen molar-refractivity contribution in [3.05, 3.63) is 68.9 Å². The van der Waals surface area contributed by atoms with Crippen molar-refractivity contribution in [1.82, 2.24) is 20.1 Å². The molecule has 3 aromatic rings. The van der Waals surface area contributed by atoms with Gasteiger partial charge in [0.25, 0.3) is 5.91 Å². The quantitative estimate of drug-likeness (QED) is 0.476. The SMILES string of the molecule is Cc1cc(OCc2n[nH]c(=O)n2C)c(-c2cccc(C(=O)NCC(C)C(=O)O)c2)cc1Cl. The van der Waals surface area contributed by atoms with E-state index in [1.165, 1.54) is 11.5 Å². The summed E-state index contributed by atoms with van der Waals surface area (Å²) >= 11 is 6.34. The molecule has 0 saturated carbocycles. The number of hydrogen-bond donors (Lipinski definition) is 3. The summed E-state index contributed by atoms with van der Waals surface area (Å²) in [6, 6.07) is 10.4. The van der Waals surface area contributed by atoms with Gasteiger partial charge in [0.1, 0.15) is 12.4 Å². The second-order valence-corrected chi connectivity index (χ2v) is 7.83. The molecule has 1 unspecified atom stereocenters. The van der Waals surface area contributed by atoms with E-state index in [1.54, 1.807) is 37.4 Å². The minimum Gasteiger partial charge on any atom is -0.485 e. The number of rotatable bonds is 8. The number of H-pyrrole nitrogens is 1. The molecule has 0 aliphatic heterocycles. The lowest BCUT2D eigenvalue weighted by Gasteiger charge is -2.15. The Morgan fingerprint density at radius 3 is 2.72 bits per heavy atom. The van der Waals surface area contributed by atoms with E-state index >= 15 is 0 Å². The fourth-order valence-corrected chi connectivity index (χ4v) is 3.08. The molecule has 0 radical (unpaired) electrons. The molecule has 0 fully saturated rings. The fraction of sp³-hybridized carbons (Fsp3) is 0.273. The summed E-state index contributed by atoms with van der Waals surface area (Å²) in [7, 11) is 1.59. The lowest BCUT2D eigenvalue weighted by Crippen LogP contribution is -2.31. The predicted octanol–water partition coefficient (Wildman–Crippen LogP) is 2.77. The van der Waals surface area contributed by atoms with Crippen LogP contribution in [-0.2, 0) is 18.4 Å². The molecule has 9 nitrogen and oxygen atoms in total. The molecule has 1 atom stereocenters. The lowest BCUT2D eigenvalue weighted by atomic mass is 10.0. The highest BCUT2D eigenvalue weighted by atomic mass is 35.5.